The van der Waals surface area contributed by atoms with Crippen molar-refractivity contribution in [1.29, 1.82) is 0 Å². The summed E-state index contributed by atoms with van der Waals surface area (Å²) >= 11 is 0. The molecule has 0 saturated carbocycles. The van der Waals surface area contributed by atoms with Crippen LogP contribution >= 0.6 is 0 Å². The SMILES string of the molecule is CCCC1(C(=O)N2CCN(C(=O)OC)CC2)CCNC1. The van der Waals surface area contributed by atoms with Crippen LogP contribution < -0.4 is 5.32 Å². The fourth-order valence-electron chi connectivity index (χ4n) is 3.28. The number of nitrogens with zero attached hydrogens (tertiary/aromatic N) is 2. The zero-order valence-electron chi connectivity index (χ0n) is 12.5. The largest absolute Gasteiger partial charge is 0.453 e. The van der Waals surface area contributed by atoms with E-state index in [9.17, 15) is 9.59 Å². The van der Waals surface area contributed by atoms with Crippen molar-refractivity contribution in [2.45, 2.75) is 26.2 Å². The van der Waals surface area contributed by atoms with Crippen molar-refractivity contribution in [2.24, 2.45) is 5.41 Å². The summed E-state index contributed by atoms with van der Waals surface area (Å²) in [6.07, 6.45) is 2.59. The first-order chi connectivity index (χ1) is 9.63. The summed E-state index contributed by atoms with van der Waals surface area (Å²) in [5, 5.41) is 3.32. The number of hydrogen-bond donors (Lipinski definition) is 1. The third-order valence-corrected chi connectivity index (χ3v) is 4.43. The van der Waals surface area contributed by atoms with E-state index in [4.69, 9.17) is 4.74 Å². The maximum Gasteiger partial charge on any atom is 0.409 e. The molecule has 0 aromatic carbocycles. The molecular weight excluding hydrogens is 258 g/mol. The van der Waals surface area contributed by atoms with Gasteiger partial charge in [-0.15, -0.1) is 0 Å². The Morgan fingerprint density at radius 3 is 2.35 bits per heavy atom. The molecule has 2 fully saturated rings. The van der Waals surface area contributed by atoms with Gasteiger partial charge in [0.05, 0.1) is 12.5 Å². The van der Waals surface area contributed by atoms with Crippen LogP contribution in [0.4, 0.5) is 4.79 Å². The third-order valence-electron chi connectivity index (χ3n) is 4.43. The Balaban J connectivity index is 1.95. The Morgan fingerprint density at radius 2 is 1.85 bits per heavy atom. The quantitative estimate of drug-likeness (QED) is 0.827. The molecule has 6 nitrogen and oxygen atoms in total. The summed E-state index contributed by atoms with van der Waals surface area (Å²) in [5.41, 5.74) is -0.220. The molecule has 2 amide bonds. The van der Waals surface area contributed by atoms with Crippen LogP contribution in [0.2, 0.25) is 0 Å². The molecule has 2 saturated heterocycles. The lowest BCUT2D eigenvalue weighted by atomic mass is 9.81. The number of carbonyl (C=O) groups excluding carboxylic acids is 2. The highest BCUT2D eigenvalue weighted by Gasteiger charge is 2.43. The smallest absolute Gasteiger partial charge is 0.409 e. The first-order valence-corrected chi connectivity index (χ1v) is 7.46. The second kappa shape index (κ2) is 6.43. The van der Waals surface area contributed by atoms with Gasteiger partial charge in [-0.25, -0.2) is 4.79 Å². The second-order valence-corrected chi connectivity index (χ2v) is 5.71. The van der Waals surface area contributed by atoms with Gasteiger partial charge in [-0.05, 0) is 19.4 Å². The highest BCUT2D eigenvalue weighted by molar-refractivity contribution is 5.83. The van der Waals surface area contributed by atoms with Crippen LogP contribution in [0.3, 0.4) is 0 Å². The van der Waals surface area contributed by atoms with Gasteiger partial charge in [0.1, 0.15) is 0 Å². The van der Waals surface area contributed by atoms with Crippen molar-refractivity contribution in [3.63, 3.8) is 0 Å². The highest BCUT2D eigenvalue weighted by atomic mass is 16.5. The first-order valence-electron chi connectivity index (χ1n) is 7.46. The van der Waals surface area contributed by atoms with E-state index in [-0.39, 0.29) is 17.4 Å². The van der Waals surface area contributed by atoms with Gasteiger partial charge in [0, 0.05) is 32.7 Å². The zero-order chi connectivity index (χ0) is 14.6. The van der Waals surface area contributed by atoms with Gasteiger partial charge in [-0.2, -0.15) is 0 Å². The van der Waals surface area contributed by atoms with Gasteiger partial charge >= 0.3 is 6.09 Å². The van der Waals surface area contributed by atoms with Crippen molar-refractivity contribution in [1.82, 2.24) is 15.1 Å². The number of methoxy groups -OCH3 is 1. The molecule has 0 aromatic rings. The van der Waals surface area contributed by atoms with Gasteiger partial charge in [0.25, 0.3) is 0 Å². The maximum atomic E-state index is 12.8. The van der Waals surface area contributed by atoms with Crippen molar-refractivity contribution in [3.05, 3.63) is 0 Å². The number of ether oxygens (including phenoxy) is 1. The molecular formula is C14H25N3O3. The van der Waals surface area contributed by atoms with E-state index in [1.165, 1.54) is 7.11 Å². The Hall–Kier alpha value is -1.30. The number of carbonyl (C=O) groups is 2. The molecule has 0 aliphatic carbocycles. The molecule has 2 heterocycles. The Bertz CT molecular complexity index is 359. The van der Waals surface area contributed by atoms with Crippen molar-refractivity contribution < 1.29 is 14.3 Å². The van der Waals surface area contributed by atoms with E-state index in [0.29, 0.717) is 26.2 Å². The topological polar surface area (TPSA) is 61.9 Å². The molecule has 0 spiro atoms. The lowest BCUT2D eigenvalue weighted by molar-refractivity contribution is -0.143. The van der Waals surface area contributed by atoms with E-state index < -0.39 is 0 Å². The van der Waals surface area contributed by atoms with Gasteiger partial charge in [0.15, 0.2) is 0 Å². The number of piperazine rings is 1. The summed E-state index contributed by atoms with van der Waals surface area (Å²) in [6, 6.07) is 0. The lowest BCUT2D eigenvalue weighted by Crippen LogP contribution is -2.54. The number of nitrogens with one attached hydrogen (secondary N) is 1. The number of rotatable bonds is 3. The monoisotopic (exact) mass is 283 g/mol. The molecule has 114 valence electrons. The standard InChI is InChI=1S/C14H25N3O3/c1-3-4-14(5-6-15-11-14)12(18)16-7-9-17(10-8-16)13(19)20-2/h15H,3-11H2,1-2H3. The van der Waals surface area contributed by atoms with Crippen molar-refractivity contribution in [2.75, 3.05) is 46.4 Å². The molecule has 2 rings (SSSR count). The van der Waals surface area contributed by atoms with Gasteiger partial charge in [-0.3, -0.25) is 4.79 Å². The molecule has 1 unspecified atom stereocenters. The van der Waals surface area contributed by atoms with Crippen LogP contribution in [0.15, 0.2) is 0 Å². The van der Waals surface area contributed by atoms with Crippen LogP contribution in [-0.4, -0.2) is 68.2 Å². The Labute approximate surface area is 120 Å². The number of hydrogen-bond acceptors (Lipinski definition) is 4. The van der Waals surface area contributed by atoms with Crippen LogP contribution in [0.1, 0.15) is 26.2 Å². The molecule has 1 atom stereocenters. The average Bonchev–Trinajstić information content (AvgIpc) is 2.96. The third kappa shape index (κ3) is 2.90. The van der Waals surface area contributed by atoms with Gasteiger partial charge < -0.3 is 19.9 Å². The van der Waals surface area contributed by atoms with E-state index in [0.717, 1.165) is 32.4 Å². The molecule has 20 heavy (non-hydrogen) atoms. The minimum absolute atomic E-state index is 0.220. The first kappa shape index (κ1) is 15.1. The van der Waals surface area contributed by atoms with Crippen molar-refractivity contribution in [3.8, 4) is 0 Å². The predicted octanol–water partition coefficient (Wildman–Crippen LogP) is 0.677. The van der Waals surface area contributed by atoms with Crippen LogP contribution in [0.25, 0.3) is 0 Å². The molecule has 0 bridgehead atoms. The summed E-state index contributed by atoms with van der Waals surface area (Å²) in [6.45, 7) is 6.19. The molecule has 0 radical (unpaired) electrons. The lowest BCUT2D eigenvalue weighted by Gasteiger charge is -2.39. The molecule has 1 N–H and O–H groups in total. The van der Waals surface area contributed by atoms with E-state index in [1.54, 1.807) is 4.90 Å². The zero-order valence-corrected chi connectivity index (χ0v) is 12.5. The summed E-state index contributed by atoms with van der Waals surface area (Å²) in [5.74, 6) is 0.258. The predicted molar refractivity (Wildman–Crippen MR) is 75.4 cm³/mol. The molecule has 2 aliphatic rings. The van der Waals surface area contributed by atoms with E-state index >= 15 is 0 Å². The average molecular weight is 283 g/mol. The second-order valence-electron chi connectivity index (χ2n) is 5.71. The van der Waals surface area contributed by atoms with Crippen molar-refractivity contribution >= 4 is 12.0 Å². The maximum absolute atomic E-state index is 12.8. The fourth-order valence-corrected chi connectivity index (χ4v) is 3.28. The highest BCUT2D eigenvalue weighted by Crippen LogP contribution is 2.33. The van der Waals surface area contributed by atoms with E-state index in [2.05, 4.69) is 12.2 Å². The van der Waals surface area contributed by atoms with Crippen LogP contribution in [-0.2, 0) is 9.53 Å². The summed E-state index contributed by atoms with van der Waals surface area (Å²) in [7, 11) is 1.39. The Morgan fingerprint density at radius 1 is 1.20 bits per heavy atom. The van der Waals surface area contributed by atoms with Gasteiger partial charge in [0.2, 0.25) is 5.91 Å². The van der Waals surface area contributed by atoms with Gasteiger partial charge in [-0.1, -0.05) is 13.3 Å². The minimum Gasteiger partial charge on any atom is -0.453 e. The summed E-state index contributed by atoms with van der Waals surface area (Å²) in [4.78, 5) is 27.8. The molecule has 0 aromatic heterocycles. The summed E-state index contributed by atoms with van der Waals surface area (Å²) < 4.78 is 4.72. The minimum atomic E-state index is -0.303. The normalized spacial score (nSPS) is 26.7. The fraction of sp³-hybridized carbons (Fsp3) is 0.857. The van der Waals surface area contributed by atoms with Crippen LogP contribution in [0, 0.1) is 5.41 Å². The number of amides is 2. The van der Waals surface area contributed by atoms with E-state index in [1.807, 2.05) is 4.90 Å². The Kier molecular flexibility index (Phi) is 4.86. The molecule has 2 aliphatic heterocycles. The molecule has 6 heteroatoms. The van der Waals surface area contributed by atoms with Crippen LogP contribution in [0.5, 0.6) is 0 Å².